The smallest absolute Gasteiger partial charge is 0.339 e. The lowest BCUT2D eigenvalue weighted by atomic mass is 10.2. The van der Waals surface area contributed by atoms with Crippen LogP contribution >= 0.6 is 0 Å². The van der Waals surface area contributed by atoms with Crippen LogP contribution in [0.4, 0.5) is 0 Å². The second-order valence-electron chi connectivity index (χ2n) is 3.75. The molecule has 0 atom stereocenters. The van der Waals surface area contributed by atoms with Gasteiger partial charge < -0.3 is 19.3 Å². The predicted octanol–water partition coefficient (Wildman–Crippen LogP) is 2.59. The summed E-state index contributed by atoms with van der Waals surface area (Å²) in [6.07, 6.45) is 1.52. The fourth-order valence-corrected chi connectivity index (χ4v) is 1.66. The van der Waals surface area contributed by atoms with E-state index in [0.717, 1.165) is 0 Å². The lowest BCUT2D eigenvalue weighted by Gasteiger charge is -2.13. The molecule has 2 rings (SSSR count). The molecule has 6 heteroatoms. The van der Waals surface area contributed by atoms with Gasteiger partial charge in [-0.15, -0.1) is 0 Å². The maximum absolute atomic E-state index is 11.2. The maximum Gasteiger partial charge on any atom is 0.339 e. The first-order valence-corrected chi connectivity index (χ1v) is 5.74. The van der Waals surface area contributed by atoms with E-state index in [1.807, 2.05) is 0 Å². The van der Waals surface area contributed by atoms with Gasteiger partial charge in [0.15, 0.2) is 17.2 Å². The minimum absolute atomic E-state index is 0.0166. The largest absolute Gasteiger partial charge is 0.493 e. The van der Waals surface area contributed by atoms with E-state index in [9.17, 15) is 9.90 Å². The third-order valence-electron chi connectivity index (χ3n) is 2.58. The minimum atomic E-state index is -1.12. The highest BCUT2D eigenvalue weighted by molar-refractivity contribution is 5.92. The molecular weight excluding hydrogens is 262 g/mol. The molecule has 0 spiro atoms. The van der Waals surface area contributed by atoms with Crippen molar-refractivity contribution in [2.24, 2.45) is 0 Å². The first-order chi connectivity index (χ1) is 9.67. The maximum atomic E-state index is 11.2. The van der Waals surface area contributed by atoms with Gasteiger partial charge >= 0.3 is 5.97 Å². The van der Waals surface area contributed by atoms with Crippen molar-refractivity contribution in [1.29, 1.82) is 0 Å². The Morgan fingerprint density at radius 1 is 1.10 bits per heavy atom. The van der Waals surface area contributed by atoms with Crippen molar-refractivity contribution >= 4 is 5.97 Å². The quantitative estimate of drug-likeness (QED) is 0.903. The molecule has 1 aromatic heterocycles. The summed E-state index contributed by atoms with van der Waals surface area (Å²) in [6, 6.07) is 7.96. The molecule has 0 fully saturated rings. The SMILES string of the molecule is COc1cccnc1Oc1c(OC)cccc1C(=O)O. The van der Waals surface area contributed by atoms with Crippen molar-refractivity contribution in [1.82, 2.24) is 4.98 Å². The van der Waals surface area contributed by atoms with E-state index in [-0.39, 0.29) is 17.2 Å². The number of aromatic nitrogens is 1. The molecule has 0 aliphatic carbocycles. The summed E-state index contributed by atoms with van der Waals surface area (Å²) < 4.78 is 15.8. The number of carboxylic acids is 1. The van der Waals surface area contributed by atoms with Gasteiger partial charge in [-0.2, -0.15) is 0 Å². The second-order valence-corrected chi connectivity index (χ2v) is 3.75. The molecule has 0 radical (unpaired) electrons. The number of benzene rings is 1. The standard InChI is InChI=1S/C14H13NO5/c1-18-10-6-3-5-9(14(16)17)12(10)20-13-11(19-2)7-4-8-15-13/h3-8H,1-2H3,(H,16,17). The van der Waals surface area contributed by atoms with Crippen LogP contribution in [0.5, 0.6) is 23.1 Å². The lowest BCUT2D eigenvalue weighted by Crippen LogP contribution is -2.03. The van der Waals surface area contributed by atoms with Crippen molar-refractivity contribution in [3.63, 3.8) is 0 Å². The van der Waals surface area contributed by atoms with Crippen LogP contribution in [0, 0.1) is 0 Å². The summed E-state index contributed by atoms with van der Waals surface area (Å²) in [4.78, 5) is 15.3. The molecule has 0 saturated carbocycles. The van der Waals surface area contributed by atoms with Crippen LogP contribution in [0.25, 0.3) is 0 Å². The summed E-state index contributed by atoms with van der Waals surface area (Å²) >= 11 is 0. The summed E-state index contributed by atoms with van der Waals surface area (Å²) in [5, 5.41) is 9.20. The number of carbonyl (C=O) groups is 1. The van der Waals surface area contributed by atoms with Gasteiger partial charge in [-0.1, -0.05) is 6.07 Å². The molecule has 0 bridgehead atoms. The Bertz CT molecular complexity index is 627. The lowest BCUT2D eigenvalue weighted by molar-refractivity contribution is 0.0693. The molecule has 0 aliphatic heterocycles. The Morgan fingerprint density at radius 2 is 1.80 bits per heavy atom. The minimum Gasteiger partial charge on any atom is -0.493 e. The molecule has 104 valence electrons. The molecule has 0 saturated heterocycles. The highest BCUT2D eigenvalue weighted by Crippen LogP contribution is 2.37. The zero-order chi connectivity index (χ0) is 14.5. The van der Waals surface area contributed by atoms with Gasteiger partial charge in [-0.05, 0) is 24.3 Å². The number of pyridine rings is 1. The van der Waals surface area contributed by atoms with Gasteiger partial charge in [0.2, 0.25) is 0 Å². The highest BCUT2D eigenvalue weighted by atomic mass is 16.5. The number of nitrogens with zero attached hydrogens (tertiary/aromatic N) is 1. The molecule has 6 nitrogen and oxygen atoms in total. The van der Waals surface area contributed by atoms with Crippen LogP contribution in [0.2, 0.25) is 0 Å². The summed E-state index contributed by atoms with van der Waals surface area (Å²) in [7, 11) is 2.91. The molecule has 0 unspecified atom stereocenters. The Labute approximate surface area is 115 Å². The number of carboxylic acid groups (broad SMARTS) is 1. The second kappa shape index (κ2) is 5.92. The monoisotopic (exact) mass is 275 g/mol. The van der Waals surface area contributed by atoms with Crippen LogP contribution in [0.15, 0.2) is 36.5 Å². The van der Waals surface area contributed by atoms with Crippen LogP contribution in [0.3, 0.4) is 0 Å². The molecule has 0 aliphatic rings. The number of aromatic carboxylic acids is 1. The van der Waals surface area contributed by atoms with E-state index in [0.29, 0.717) is 11.5 Å². The van der Waals surface area contributed by atoms with Crippen LogP contribution in [-0.2, 0) is 0 Å². The number of rotatable bonds is 5. The molecule has 0 amide bonds. The molecule has 20 heavy (non-hydrogen) atoms. The molecule has 1 aromatic carbocycles. The fraction of sp³-hybridized carbons (Fsp3) is 0.143. The van der Waals surface area contributed by atoms with Crippen molar-refractivity contribution in [3.05, 3.63) is 42.1 Å². The Balaban J connectivity index is 2.49. The van der Waals surface area contributed by atoms with E-state index < -0.39 is 5.97 Å². The van der Waals surface area contributed by atoms with E-state index in [1.165, 1.54) is 26.5 Å². The van der Waals surface area contributed by atoms with E-state index >= 15 is 0 Å². The topological polar surface area (TPSA) is 77.9 Å². The van der Waals surface area contributed by atoms with Gasteiger partial charge in [0.05, 0.1) is 14.2 Å². The Hall–Kier alpha value is -2.76. The first-order valence-electron chi connectivity index (χ1n) is 5.74. The average Bonchev–Trinajstić information content (AvgIpc) is 2.47. The number of para-hydroxylation sites is 1. The highest BCUT2D eigenvalue weighted by Gasteiger charge is 2.19. The third kappa shape index (κ3) is 2.64. The summed E-state index contributed by atoms with van der Waals surface area (Å²) in [6.45, 7) is 0. The average molecular weight is 275 g/mol. The van der Waals surface area contributed by atoms with Crippen LogP contribution in [0.1, 0.15) is 10.4 Å². The van der Waals surface area contributed by atoms with Gasteiger partial charge in [-0.3, -0.25) is 0 Å². The van der Waals surface area contributed by atoms with Gasteiger partial charge in [0.25, 0.3) is 5.88 Å². The van der Waals surface area contributed by atoms with Crippen molar-refractivity contribution in [2.75, 3.05) is 14.2 Å². The van der Waals surface area contributed by atoms with Gasteiger partial charge in [-0.25, -0.2) is 9.78 Å². The molecular formula is C14H13NO5. The number of hydrogen-bond acceptors (Lipinski definition) is 5. The van der Waals surface area contributed by atoms with E-state index in [1.54, 1.807) is 24.3 Å². The third-order valence-corrected chi connectivity index (χ3v) is 2.58. The summed E-state index contributed by atoms with van der Waals surface area (Å²) in [5.41, 5.74) is -0.0166. The fourth-order valence-electron chi connectivity index (χ4n) is 1.66. The molecule has 1 heterocycles. The number of methoxy groups -OCH3 is 2. The normalized spacial score (nSPS) is 9.90. The number of hydrogen-bond donors (Lipinski definition) is 1. The Morgan fingerprint density at radius 3 is 2.45 bits per heavy atom. The van der Waals surface area contributed by atoms with Crippen LogP contribution in [-0.4, -0.2) is 30.3 Å². The summed E-state index contributed by atoms with van der Waals surface area (Å²) in [5.74, 6) is -0.164. The predicted molar refractivity (Wildman–Crippen MR) is 70.8 cm³/mol. The molecule has 1 N–H and O–H groups in total. The van der Waals surface area contributed by atoms with Gasteiger partial charge in [0.1, 0.15) is 5.56 Å². The van der Waals surface area contributed by atoms with Crippen molar-refractivity contribution in [3.8, 4) is 23.1 Å². The molecule has 2 aromatic rings. The Kier molecular flexibility index (Phi) is 4.05. The zero-order valence-electron chi connectivity index (χ0n) is 11.0. The van der Waals surface area contributed by atoms with Crippen molar-refractivity contribution in [2.45, 2.75) is 0 Å². The van der Waals surface area contributed by atoms with E-state index in [2.05, 4.69) is 4.98 Å². The van der Waals surface area contributed by atoms with E-state index in [4.69, 9.17) is 14.2 Å². The van der Waals surface area contributed by atoms with Crippen molar-refractivity contribution < 1.29 is 24.1 Å². The van der Waals surface area contributed by atoms with Gasteiger partial charge in [0, 0.05) is 6.20 Å². The zero-order valence-corrected chi connectivity index (χ0v) is 11.0. The number of ether oxygens (including phenoxy) is 3. The first kappa shape index (κ1) is 13.7. The van der Waals surface area contributed by atoms with Crippen LogP contribution < -0.4 is 14.2 Å².